The number of aliphatic hydroxyl groups is 1. The van der Waals surface area contributed by atoms with E-state index in [9.17, 15) is 14.9 Å². The molecule has 0 spiro atoms. The highest BCUT2D eigenvalue weighted by molar-refractivity contribution is 5.79. The van der Waals surface area contributed by atoms with Gasteiger partial charge in [-0.25, -0.2) is 0 Å². The molecule has 0 fully saturated rings. The van der Waals surface area contributed by atoms with Crippen molar-refractivity contribution in [3.63, 3.8) is 0 Å². The number of carbonyl (C=O) groups is 1. The number of carbonyl (C=O) groups excluding carboxylic acids is 1. The molecule has 0 aromatic heterocycles. The van der Waals surface area contributed by atoms with E-state index in [-0.39, 0.29) is 24.6 Å². The first-order chi connectivity index (χ1) is 9.40. The molecule has 1 aromatic rings. The normalized spacial score (nSPS) is 13.6. The Morgan fingerprint density at radius 2 is 2.20 bits per heavy atom. The van der Waals surface area contributed by atoms with Crippen LogP contribution >= 0.6 is 0 Å². The number of nitrogens with zero attached hydrogens (tertiary/aromatic N) is 1. The van der Waals surface area contributed by atoms with Crippen molar-refractivity contribution in [2.45, 2.75) is 38.6 Å². The number of hydrogen-bond acceptors (Lipinski definition) is 4. The van der Waals surface area contributed by atoms with Gasteiger partial charge in [0.05, 0.1) is 11.3 Å². The lowest BCUT2D eigenvalue weighted by atomic mass is 9.94. The second-order valence-electron chi connectivity index (χ2n) is 5.04. The maximum absolute atomic E-state index is 12.0. The quantitative estimate of drug-likeness (QED) is 0.588. The van der Waals surface area contributed by atoms with Crippen LogP contribution in [0.1, 0.15) is 32.3 Å². The second-order valence-corrected chi connectivity index (χ2v) is 5.04. The molecule has 0 bridgehead atoms. The van der Waals surface area contributed by atoms with Crippen molar-refractivity contribution >= 4 is 11.6 Å². The second kappa shape index (κ2) is 7.00. The summed E-state index contributed by atoms with van der Waals surface area (Å²) in [4.78, 5) is 22.2. The average Bonchev–Trinajstić information content (AvgIpc) is 2.39. The van der Waals surface area contributed by atoms with Gasteiger partial charge in [-0.1, -0.05) is 19.1 Å². The maximum Gasteiger partial charge on any atom is 0.269 e. The third-order valence-electron chi connectivity index (χ3n) is 3.37. The van der Waals surface area contributed by atoms with Crippen LogP contribution in [0, 0.1) is 10.1 Å². The van der Waals surface area contributed by atoms with Gasteiger partial charge in [0, 0.05) is 24.3 Å². The summed E-state index contributed by atoms with van der Waals surface area (Å²) in [6.45, 7) is 3.80. The van der Waals surface area contributed by atoms with Crippen molar-refractivity contribution in [3.8, 4) is 0 Å². The first-order valence-electron chi connectivity index (χ1n) is 6.55. The SMILES string of the molecule is CCC(C)(CCO)NC(=O)Cc1cccc([N+](=O)[O-])c1. The van der Waals surface area contributed by atoms with Gasteiger partial charge in [0.2, 0.25) is 5.91 Å². The average molecular weight is 280 g/mol. The van der Waals surface area contributed by atoms with Gasteiger partial charge in [0.1, 0.15) is 0 Å². The van der Waals surface area contributed by atoms with Gasteiger partial charge < -0.3 is 10.4 Å². The molecule has 1 amide bonds. The number of aliphatic hydroxyl groups excluding tert-OH is 1. The van der Waals surface area contributed by atoms with Crippen LogP contribution in [0.5, 0.6) is 0 Å². The topological polar surface area (TPSA) is 92.5 Å². The fourth-order valence-corrected chi connectivity index (χ4v) is 1.92. The summed E-state index contributed by atoms with van der Waals surface area (Å²) < 4.78 is 0. The van der Waals surface area contributed by atoms with Gasteiger partial charge in [0.15, 0.2) is 0 Å². The lowest BCUT2D eigenvalue weighted by molar-refractivity contribution is -0.384. The lowest BCUT2D eigenvalue weighted by Gasteiger charge is -2.29. The zero-order valence-electron chi connectivity index (χ0n) is 11.8. The molecular weight excluding hydrogens is 260 g/mol. The highest BCUT2D eigenvalue weighted by Crippen LogP contribution is 2.16. The van der Waals surface area contributed by atoms with E-state index in [1.54, 1.807) is 12.1 Å². The Labute approximate surface area is 118 Å². The first kappa shape index (κ1) is 16.1. The smallest absolute Gasteiger partial charge is 0.269 e. The number of non-ortho nitro benzene ring substituents is 1. The van der Waals surface area contributed by atoms with E-state index in [0.29, 0.717) is 18.4 Å². The molecule has 1 rings (SSSR count). The van der Waals surface area contributed by atoms with E-state index >= 15 is 0 Å². The van der Waals surface area contributed by atoms with Crippen LogP contribution in [0.4, 0.5) is 5.69 Å². The van der Waals surface area contributed by atoms with Crippen molar-refractivity contribution in [1.82, 2.24) is 5.32 Å². The zero-order valence-corrected chi connectivity index (χ0v) is 11.8. The van der Waals surface area contributed by atoms with Crippen LogP contribution in [-0.2, 0) is 11.2 Å². The number of benzene rings is 1. The standard InChI is InChI=1S/C14H20N2O4/c1-3-14(2,7-8-17)15-13(18)10-11-5-4-6-12(9-11)16(19)20/h4-6,9,17H,3,7-8,10H2,1-2H3,(H,15,18). The van der Waals surface area contributed by atoms with E-state index in [0.717, 1.165) is 0 Å². The molecule has 0 aliphatic carbocycles. The Hall–Kier alpha value is -1.95. The molecule has 0 aliphatic heterocycles. The van der Waals surface area contributed by atoms with Gasteiger partial charge >= 0.3 is 0 Å². The number of nitro groups is 1. The molecule has 0 saturated heterocycles. The Bertz CT molecular complexity index is 490. The predicted molar refractivity (Wildman–Crippen MR) is 75.3 cm³/mol. The van der Waals surface area contributed by atoms with Crippen LogP contribution < -0.4 is 5.32 Å². The molecule has 0 radical (unpaired) electrons. The van der Waals surface area contributed by atoms with Crippen LogP contribution in [0.3, 0.4) is 0 Å². The molecule has 20 heavy (non-hydrogen) atoms. The molecule has 0 saturated carbocycles. The number of rotatable bonds is 7. The number of hydrogen-bond donors (Lipinski definition) is 2. The van der Waals surface area contributed by atoms with E-state index in [1.165, 1.54) is 12.1 Å². The van der Waals surface area contributed by atoms with Gasteiger partial charge in [-0.3, -0.25) is 14.9 Å². The Balaban J connectivity index is 2.71. The van der Waals surface area contributed by atoms with E-state index in [2.05, 4.69) is 5.32 Å². The van der Waals surface area contributed by atoms with E-state index in [4.69, 9.17) is 5.11 Å². The Morgan fingerprint density at radius 1 is 1.50 bits per heavy atom. The minimum Gasteiger partial charge on any atom is -0.396 e. The van der Waals surface area contributed by atoms with Crippen LogP contribution in [0.25, 0.3) is 0 Å². The summed E-state index contributed by atoms with van der Waals surface area (Å²) in [5, 5.41) is 22.6. The predicted octanol–water partition coefficient (Wildman–Crippen LogP) is 1.80. The Kier molecular flexibility index (Phi) is 5.64. The summed E-state index contributed by atoms with van der Waals surface area (Å²) in [7, 11) is 0. The van der Waals surface area contributed by atoms with Crippen molar-refractivity contribution < 1.29 is 14.8 Å². The molecule has 6 heteroatoms. The minimum atomic E-state index is -0.483. The Morgan fingerprint density at radius 3 is 2.75 bits per heavy atom. The van der Waals surface area contributed by atoms with Gasteiger partial charge in [-0.05, 0) is 25.3 Å². The summed E-state index contributed by atoms with van der Waals surface area (Å²) in [5.41, 5.74) is 0.120. The lowest BCUT2D eigenvalue weighted by Crippen LogP contribution is -2.46. The monoisotopic (exact) mass is 280 g/mol. The maximum atomic E-state index is 12.0. The molecule has 1 aromatic carbocycles. The van der Waals surface area contributed by atoms with Crippen molar-refractivity contribution in [3.05, 3.63) is 39.9 Å². The summed E-state index contributed by atoms with van der Waals surface area (Å²) in [6.07, 6.45) is 1.26. The van der Waals surface area contributed by atoms with E-state index in [1.807, 2.05) is 13.8 Å². The van der Waals surface area contributed by atoms with Crippen molar-refractivity contribution in [1.29, 1.82) is 0 Å². The number of nitro benzene ring substituents is 1. The van der Waals surface area contributed by atoms with Gasteiger partial charge in [-0.15, -0.1) is 0 Å². The highest BCUT2D eigenvalue weighted by Gasteiger charge is 2.23. The van der Waals surface area contributed by atoms with E-state index < -0.39 is 10.5 Å². The first-order valence-corrected chi connectivity index (χ1v) is 6.55. The fourth-order valence-electron chi connectivity index (χ4n) is 1.92. The molecule has 6 nitrogen and oxygen atoms in total. The van der Waals surface area contributed by atoms with Crippen LogP contribution in [0.2, 0.25) is 0 Å². The zero-order chi connectivity index (χ0) is 15.2. The molecule has 2 N–H and O–H groups in total. The molecule has 1 unspecified atom stereocenters. The van der Waals surface area contributed by atoms with Crippen molar-refractivity contribution in [2.75, 3.05) is 6.61 Å². The largest absolute Gasteiger partial charge is 0.396 e. The third-order valence-corrected chi connectivity index (χ3v) is 3.37. The molecule has 0 aliphatic rings. The van der Waals surface area contributed by atoms with Crippen LogP contribution in [0.15, 0.2) is 24.3 Å². The summed E-state index contributed by atoms with van der Waals surface area (Å²) >= 11 is 0. The molecule has 0 heterocycles. The summed E-state index contributed by atoms with van der Waals surface area (Å²) in [6, 6.07) is 6.04. The third kappa shape index (κ3) is 4.62. The van der Waals surface area contributed by atoms with Crippen molar-refractivity contribution in [2.24, 2.45) is 0 Å². The number of amides is 1. The molecular formula is C14H20N2O4. The van der Waals surface area contributed by atoms with Gasteiger partial charge in [0.25, 0.3) is 5.69 Å². The molecule has 110 valence electrons. The molecule has 1 atom stereocenters. The highest BCUT2D eigenvalue weighted by atomic mass is 16.6. The summed E-state index contributed by atoms with van der Waals surface area (Å²) in [5.74, 6) is -0.205. The van der Waals surface area contributed by atoms with Crippen LogP contribution in [-0.4, -0.2) is 28.1 Å². The van der Waals surface area contributed by atoms with Gasteiger partial charge in [-0.2, -0.15) is 0 Å². The fraction of sp³-hybridized carbons (Fsp3) is 0.500. The number of nitrogens with one attached hydrogen (secondary N) is 1. The minimum absolute atomic E-state index is 0.00142.